The minimum atomic E-state index is -0.503. The lowest BCUT2D eigenvalue weighted by Gasteiger charge is -2.32. The van der Waals surface area contributed by atoms with Crippen molar-refractivity contribution >= 4 is 18.6 Å². The minimum Gasteiger partial charge on any atom is -0.399 e. The summed E-state index contributed by atoms with van der Waals surface area (Å²) >= 11 is 0. The summed E-state index contributed by atoms with van der Waals surface area (Å²) in [6.07, 6.45) is 1.99. The van der Waals surface area contributed by atoms with Crippen molar-refractivity contribution in [2.24, 2.45) is 0 Å². The van der Waals surface area contributed by atoms with Crippen LogP contribution in [0, 0.1) is 13.8 Å². The maximum atomic E-state index is 12.3. The van der Waals surface area contributed by atoms with Crippen molar-refractivity contribution in [3.05, 3.63) is 11.4 Å². The van der Waals surface area contributed by atoms with E-state index in [9.17, 15) is 4.79 Å². The molecule has 1 fully saturated rings. The first-order chi connectivity index (χ1) is 10.6. The molecule has 23 heavy (non-hydrogen) atoms. The van der Waals surface area contributed by atoms with Crippen LogP contribution in [-0.2, 0) is 9.31 Å². The van der Waals surface area contributed by atoms with E-state index < -0.39 is 18.3 Å². The zero-order valence-electron chi connectivity index (χ0n) is 15.3. The summed E-state index contributed by atoms with van der Waals surface area (Å²) in [5.74, 6) is 0. The van der Waals surface area contributed by atoms with Gasteiger partial charge in [0.25, 0.3) is 0 Å². The van der Waals surface area contributed by atoms with E-state index in [2.05, 4.69) is 17.3 Å². The van der Waals surface area contributed by atoms with Gasteiger partial charge in [-0.3, -0.25) is 0 Å². The van der Waals surface area contributed by atoms with Crippen LogP contribution in [0.25, 0.3) is 0 Å². The first-order valence-electron chi connectivity index (χ1n) is 8.30. The lowest BCUT2D eigenvalue weighted by molar-refractivity contribution is 0.00578. The number of hydrogen-bond donors (Lipinski definition) is 1. The molecule has 0 saturated carbocycles. The lowest BCUT2D eigenvalue weighted by Crippen LogP contribution is -2.41. The molecule has 1 aromatic rings. The number of unbranched alkanes of at least 4 members (excludes halogenated alkanes) is 1. The van der Waals surface area contributed by atoms with Crippen molar-refractivity contribution in [2.45, 2.75) is 72.5 Å². The highest BCUT2D eigenvalue weighted by molar-refractivity contribution is 6.63. The van der Waals surface area contributed by atoms with Crippen molar-refractivity contribution < 1.29 is 14.1 Å². The summed E-state index contributed by atoms with van der Waals surface area (Å²) < 4.78 is 13.6. The number of aromatic nitrogens is 2. The van der Waals surface area contributed by atoms with E-state index in [1.54, 1.807) is 0 Å². The Bertz CT molecular complexity index is 580. The van der Waals surface area contributed by atoms with E-state index >= 15 is 0 Å². The van der Waals surface area contributed by atoms with Gasteiger partial charge in [-0.25, -0.2) is 4.79 Å². The molecule has 0 spiro atoms. The Labute approximate surface area is 139 Å². The predicted molar refractivity (Wildman–Crippen MR) is 91.1 cm³/mol. The van der Waals surface area contributed by atoms with Crippen molar-refractivity contribution in [3.63, 3.8) is 0 Å². The van der Waals surface area contributed by atoms with Crippen LogP contribution in [0.15, 0.2) is 0 Å². The van der Waals surface area contributed by atoms with Gasteiger partial charge in [0, 0.05) is 17.7 Å². The SMILES string of the molecule is CCCCNC(=O)n1nc(C)c(B2OC(C)(C)C(C)(C)O2)c1C. The van der Waals surface area contributed by atoms with Crippen LogP contribution >= 0.6 is 0 Å². The molecule has 0 unspecified atom stereocenters. The number of rotatable bonds is 4. The zero-order valence-corrected chi connectivity index (χ0v) is 15.3. The average Bonchev–Trinajstić information content (AvgIpc) is 2.83. The molecule has 1 aliphatic rings. The zero-order chi connectivity index (χ0) is 17.4. The highest BCUT2D eigenvalue weighted by Crippen LogP contribution is 2.36. The smallest absolute Gasteiger partial charge is 0.399 e. The van der Waals surface area contributed by atoms with Crippen LogP contribution in [0.3, 0.4) is 0 Å². The fraction of sp³-hybridized carbons (Fsp3) is 0.750. The molecule has 1 aromatic heterocycles. The fourth-order valence-corrected chi connectivity index (χ4v) is 2.60. The molecule has 1 N–H and O–H groups in total. The molecule has 0 atom stereocenters. The Kier molecular flexibility index (Phi) is 4.92. The summed E-state index contributed by atoms with van der Waals surface area (Å²) in [5.41, 5.74) is 1.53. The number of aryl methyl sites for hydroxylation is 1. The van der Waals surface area contributed by atoms with Gasteiger partial charge >= 0.3 is 13.1 Å². The van der Waals surface area contributed by atoms with E-state index in [1.165, 1.54) is 4.68 Å². The standard InChI is InChI=1S/C16H28BN3O3/c1-8-9-10-18-14(21)20-12(3)13(11(2)19-20)17-22-15(4,5)16(6,7)23-17/h8-10H2,1-7H3,(H,18,21). The second-order valence-corrected chi connectivity index (χ2v) is 7.17. The van der Waals surface area contributed by atoms with Crippen molar-refractivity contribution in [3.8, 4) is 0 Å². The highest BCUT2D eigenvalue weighted by atomic mass is 16.7. The molecule has 0 aliphatic carbocycles. The number of nitrogens with one attached hydrogen (secondary N) is 1. The van der Waals surface area contributed by atoms with E-state index in [0.717, 1.165) is 29.7 Å². The first kappa shape index (κ1) is 18.0. The monoisotopic (exact) mass is 321 g/mol. The Morgan fingerprint density at radius 2 is 1.78 bits per heavy atom. The van der Waals surface area contributed by atoms with Crippen LogP contribution in [0.5, 0.6) is 0 Å². The maximum absolute atomic E-state index is 12.3. The Hall–Kier alpha value is -1.34. The molecule has 2 rings (SSSR count). The molecule has 0 aromatic carbocycles. The molecule has 1 aliphatic heterocycles. The van der Waals surface area contributed by atoms with Gasteiger partial charge < -0.3 is 14.6 Å². The summed E-state index contributed by atoms with van der Waals surface area (Å²) in [6, 6.07) is -0.207. The third kappa shape index (κ3) is 3.31. The Morgan fingerprint density at radius 1 is 1.22 bits per heavy atom. The molecule has 6 nitrogen and oxygen atoms in total. The van der Waals surface area contributed by atoms with E-state index in [0.29, 0.717) is 6.54 Å². The highest BCUT2D eigenvalue weighted by Gasteiger charge is 2.53. The fourth-order valence-electron chi connectivity index (χ4n) is 2.60. The Morgan fingerprint density at radius 3 is 2.30 bits per heavy atom. The molecular weight excluding hydrogens is 293 g/mol. The van der Waals surface area contributed by atoms with Gasteiger partial charge in [-0.15, -0.1) is 0 Å². The van der Waals surface area contributed by atoms with Gasteiger partial charge in [0.2, 0.25) is 0 Å². The van der Waals surface area contributed by atoms with Crippen LogP contribution in [0.1, 0.15) is 58.8 Å². The van der Waals surface area contributed by atoms with Gasteiger partial charge in [-0.1, -0.05) is 13.3 Å². The van der Waals surface area contributed by atoms with Crippen molar-refractivity contribution in [1.29, 1.82) is 0 Å². The Balaban J connectivity index is 2.24. The first-order valence-corrected chi connectivity index (χ1v) is 8.30. The quantitative estimate of drug-likeness (QED) is 0.682. The molecule has 1 saturated heterocycles. The van der Waals surface area contributed by atoms with Crippen molar-refractivity contribution in [2.75, 3.05) is 6.54 Å². The average molecular weight is 321 g/mol. The van der Waals surface area contributed by atoms with Gasteiger partial charge in [-0.2, -0.15) is 9.78 Å². The van der Waals surface area contributed by atoms with Crippen LogP contribution in [-0.4, -0.2) is 40.7 Å². The third-order valence-corrected chi connectivity index (χ3v) is 4.84. The predicted octanol–water partition coefficient (Wildman–Crippen LogP) is 2.16. The van der Waals surface area contributed by atoms with E-state index in [-0.39, 0.29) is 6.03 Å². The summed E-state index contributed by atoms with van der Waals surface area (Å²) in [5, 5.41) is 7.26. The summed E-state index contributed by atoms with van der Waals surface area (Å²) in [4.78, 5) is 12.3. The largest absolute Gasteiger partial charge is 0.498 e. The number of nitrogens with zero attached hydrogens (tertiary/aromatic N) is 2. The van der Waals surface area contributed by atoms with Gasteiger partial charge in [0.15, 0.2) is 0 Å². The maximum Gasteiger partial charge on any atom is 0.498 e. The van der Waals surface area contributed by atoms with Gasteiger partial charge in [0.05, 0.1) is 16.9 Å². The van der Waals surface area contributed by atoms with Crippen molar-refractivity contribution in [1.82, 2.24) is 15.1 Å². The second kappa shape index (κ2) is 6.28. The molecular formula is C16H28BN3O3. The molecule has 0 bridgehead atoms. The normalized spacial score (nSPS) is 19.2. The molecule has 2 heterocycles. The number of hydrogen-bond acceptors (Lipinski definition) is 4. The summed E-state index contributed by atoms with van der Waals surface area (Å²) in [7, 11) is -0.503. The van der Waals surface area contributed by atoms with E-state index in [4.69, 9.17) is 9.31 Å². The van der Waals surface area contributed by atoms with Gasteiger partial charge in [-0.05, 0) is 48.0 Å². The molecule has 0 radical (unpaired) electrons. The molecule has 128 valence electrons. The molecule has 1 amide bonds. The van der Waals surface area contributed by atoms with Crippen LogP contribution in [0.2, 0.25) is 0 Å². The number of carbonyl (C=O) groups is 1. The number of carbonyl (C=O) groups excluding carboxylic acids is 1. The molecule has 7 heteroatoms. The second-order valence-electron chi connectivity index (χ2n) is 7.17. The minimum absolute atomic E-state index is 0.207. The third-order valence-electron chi connectivity index (χ3n) is 4.84. The topological polar surface area (TPSA) is 65.4 Å². The van der Waals surface area contributed by atoms with Crippen LogP contribution in [0.4, 0.5) is 4.79 Å². The summed E-state index contributed by atoms with van der Waals surface area (Å²) in [6.45, 7) is 14.5. The van der Waals surface area contributed by atoms with E-state index in [1.807, 2.05) is 41.5 Å². The number of amides is 1. The van der Waals surface area contributed by atoms with Gasteiger partial charge in [0.1, 0.15) is 0 Å². The lowest BCUT2D eigenvalue weighted by atomic mass is 9.77. The van der Waals surface area contributed by atoms with Crippen LogP contribution < -0.4 is 10.8 Å².